The van der Waals surface area contributed by atoms with Gasteiger partial charge in [-0.05, 0) is 23.8 Å². The number of carbonyl (C=O) groups is 2. The van der Waals surface area contributed by atoms with E-state index in [1.54, 1.807) is 25.4 Å². The molecule has 1 aromatic heterocycles. The summed E-state index contributed by atoms with van der Waals surface area (Å²) in [7, 11) is 1.63. The summed E-state index contributed by atoms with van der Waals surface area (Å²) in [6.45, 7) is 0.688. The minimum Gasteiger partial charge on any atom is -0.467 e. The predicted molar refractivity (Wildman–Crippen MR) is 98.9 cm³/mol. The Morgan fingerprint density at radius 1 is 1.22 bits per heavy atom. The number of benzene rings is 1. The molecule has 140 valence electrons. The molecule has 4 rings (SSSR count). The number of hydrogen-bond acceptors (Lipinski definition) is 4. The number of guanidine groups is 1. The minimum absolute atomic E-state index is 0.313. The van der Waals surface area contributed by atoms with E-state index in [9.17, 15) is 9.59 Å². The Balaban J connectivity index is 1.67. The lowest BCUT2D eigenvalue weighted by atomic mass is 10.1. The average molecular weight is 388 g/mol. The fourth-order valence-electron chi connectivity index (χ4n) is 3.26. The number of fused-ring (bicyclic) bond motifs is 1. The van der Waals surface area contributed by atoms with Crippen molar-refractivity contribution in [3.05, 3.63) is 59.0 Å². The molecule has 2 saturated heterocycles. The number of amides is 3. The lowest BCUT2D eigenvalue weighted by molar-refractivity contribution is -0.127. The van der Waals surface area contributed by atoms with Crippen molar-refractivity contribution in [3.8, 4) is 0 Å². The third kappa shape index (κ3) is 3.23. The highest BCUT2D eigenvalue weighted by Gasteiger charge is 2.49. The molecule has 2 aromatic rings. The Hall–Kier alpha value is -3.00. The van der Waals surface area contributed by atoms with Crippen LogP contribution in [-0.4, -0.2) is 47.0 Å². The van der Waals surface area contributed by atoms with Gasteiger partial charge in [0.05, 0.1) is 6.26 Å². The van der Waals surface area contributed by atoms with Gasteiger partial charge in [0, 0.05) is 18.6 Å². The van der Waals surface area contributed by atoms with Crippen LogP contribution in [0.4, 0.5) is 4.79 Å². The summed E-state index contributed by atoms with van der Waals surface area (Å²) < 4.78 is 5.33. The molecule has 27 heavy (non-hydrogen) atoms. The quantitative estimate of drug-likeness (QED) is 0.834. The third-order valence-corrected chi connectivity index (χ3v) is 5.05. The van der Waals surface area contributed by atoms with Crippen LogP contribution in [-0.2, 0) is 17.9 Å². The van der Waals surface area contributed by atoms with Gasteiger partial charge in [0.25, 0.3) is 5.91 Å². The van der Waals surface area contributed by atoms with Gasteiger partial charge in [0.1, 0.15) is 18.5 Å². The van der Waals surface area contributed by atoms with Crippen molar-refractivity contribution in [2.75, 3.05) is 7.05 Å². The first-order valence-electron chi connectivity index (χ1n) is 8.45. The number of halogens is 1. The van der Waals surface area contributed by atoms with E-state index < -0.39 is 18.2 Å². The maximum atomic E-state index is 12.5. The number of aliphatic imine (C=N–C) groups is 1. The number of nitrogens with zero attached hydrogens (tertiary/aromatic N) is 3. The lowest BCUT2D eigenvalue weighted by Crippen LogP contribution is -2.64. The van der Waals surface area contributed by atoms with Gasteiger partial charge in [0.2, 0.25) is 0 Å². The molecule has 0 spiro atoms. The average Bonchev–Trinajstić information content (AvgIpc) is 3.28. The van der Waals surface area contributed by atoms with Crippen LogP contribution in [0.25, 0.3) is 0 Å². The van der Waals surface area contributed by atoms with Crippen molar-refractivity contribution in [2.24, 2.45) is 4.99 Å². The normalized spacial score (nSPS) is 23.4. The van der Waals surface area contributed by atoms with Crippen LogP contribution in [0, 0.1) is 0 Å². The molecule has 2 aliphatic heterocycles. The molecule has 1 aromatic carbocycles. The summed E-state index contributed by atoms with van der Waals surface area (Å²) in [5.74, 6) is 0.842. The summed E-state index contributed by atoms with van der Waals surface area (Å²) in [6, 6.07) is 9.99. The van der Waals surface area contributed by atoms with E-state index in [1.165, 1.54) is 4.90 Å². The Kier molecular flexibility index (Phi) is 4.49. The van der Waals surface area contributed by atoms with E-state index in [4.69, 9.17) is 16.0 Å². The highest BCUT2D eigenvalue weighted by atomic mass is 35.5. The first kappa shape index (κ1) is 17.4. The van der Waals surface area contributed by atoms with Crippen molar-refractivity contribution in [1.82, 2.24) is 20.4 Å². The SMILES string of the molecule is CN1C(=O)NC(=O)C2C1NC(=NCc1ccco1)N2Cc1ccccc1Cl. The fraction of sp³-hybridized carbons (Fsp3) is 0.278. The number of rotatable bonds is 4. The number of carbonyl (C=O) groups excluding carboxylic acids is 2. The molecule has 9 heteroatoms. The number of nitrogens with one attached hydrogen (secondary N) is 2. The number of hydrogen-bond donors (Lipinski definition) is 2. The van der Waals surface area contributed by atoms with E-state index in [0.717, 1.165) is 5.56 Å². The summed E-state index contributed by atoms with van der Waals surface area (Å²) in [6.07, 6.45) is 1.07. The lowest BCUT2D eigenvalue weighted by Gasteiger charge is -2.35. The van der Waals surface area contributed by atoms with Crippen molar-refractivity contribution in [3.63, 3.8) is 0 Å². The second kappa shape index (κ2) is 6.96. The highest BCUT2D eigenvalue weighted by Crippen LogP contribution is 2.25. The zero-order chi connectivity index (χ0) is 19.0. The van der Waals surface area contributed by atoms with E-state index in [2.05, 4.69) is 15.6 Å². The van der Waals surface area contributed by atoms with Crippen molar-refractivity contribution >= 4 is 29.5 Å². The topological polar surface area (TPSA) is 90.2 Å². The van der Waals surface area contributed by atoms with Gasteiger partial charge in [-0.3, -0.25) is 10.1 Å². The molecule has 0 bridgehead atoms. The van der Waals surface area contributed by atoms with Gasteiger partial charge < -0.3 is 19.5 Å². The summed E-state index contributed by atoms with van der Waals surface area (Å²) in [5, 5.41) is 6.18. The Morgan fingerprint density at radius 2 is 2.04 bits per heavy atom. The van der Waals surface area contributed by atoms with Crippen LogP contribution in [0.3, 0.4) is 0 Å². The first-order chi connectivity index (χ1) is 13.0. The first-order valence-corrected chi connectivity index (χ1v) is 8.83. The van der Waals surface area contributed by atoms with Crippen molar-refractivity contribution in [2.45, 2.75) is 25.3 Å². The standard InChI is InChI=1S/C18H18ClN5O3/c1-23-15-14(16(25)22-18(23)26)24(10-11-5-2-3-7-13(11)19)17(21-15)20-9-12-6-4-8-27-12/h2-8,14-15H,9-10H2,1H3,(H,20,21)(H,22,25,26). The predicted octanol–water partition coefficient (Wildman–Crippen LogP) is 1.77. The molecule has 3 amide bonds. The third-order valence-electron chi connectivity index (χ3n) is 4.68. The second-order valence-corrected chi connectivity index (χ2v) is 6.79. The van der Waals surface area contributed by atoms with Crippen LogP contribution in [0.15, 0.2) is 52.1 Å². The smallest absolute Gasteiger partial charge is 0.325 e. The maximum absolute atomic E-state index is 12.5. The van der Waals surface area contributed by atoms with Crippen LogP contribution in [0.1, 0.15) is 11.3 Å². The van der Waals surface area contributed by atoms with Crippen LogP contribution >= 0.6 is 11.6 Å². The maximum Gasteiger partial charge on any atom is 0.325 e. The molecule has 0 aliphatic carbocycles. The molecule has 0 radical (unpaired) electrons. The van der Waals surface area contributed by atoms with Gasteiger partial charge in [-0.1, -0.05) is 29.8 Å². The summed E-state index contributed by atoms with van der Waals surface area (Å²) >= 11 is 6.31. The van der Waals surface area contributed by atoms with E-state index in [0.29, 0.717) is 29.8 Å². The van der Waals surface area contributed by atoms with Crippen molar-refractivity contribution in [1.29, 1.82) is 0 Å². The number of urea groups is 1. The van der Waals surface area contributed by atoms with Crippen LogP contribution in [0.2, 0.25) is 5.02 Å². The van der Waals surface area contributed by atoms with Gasteiger partial charge in [0.15, 0.2) is 12.0 Å². The van der Waals surface area contributed by atoms with E-state index >= 15 is 0 Å². The monoisotopic (exact) mass is 387 g/mol. The number of imide groups is 1. The molecule has 0 saturated carbocycles. The molecule has 8 nitrogen and oxygen atoms in total. The summed E-state index contributed by atoms with van der Waals surface area (Å²) in [4.78, 5) is 32.4. The molecule has 2 unspecified atom stereocenters. The minimum atomic E-state index is -0.612. The van der Waals surface area contributed by atoms with Gasteiger partial charge in [-0.2, -0.15) is 0 Å². The highest BCUT2D eigenvalue weighted by molar-refractivity contribution is 6.31. The second-order valence-electron chi connectivity index (χ2n) is 6.38. The van der Waals surface area contributed by atoms with Gasteiger partial charge in [-0.15, -0.1) is 0 Å². The Bertz CT molecular complexity index is 898. The molecular weight excluding hydrogens is 370 g/mol. The molecule has 2 N–H and O–H groups in total. The summed E-state index contributed by atoms with van der Waals surface area (Å²) in [5.41, 5.74) is 0.861. The van der Waals surface area contributed by atoms with E-state index in [1.807, 2.05) is 29.2 Å². The van der Waals surface area contributed by atoms with Gasteiger partial charge >= 0.3 is 6.03 Å². The van der Waals surface area contributed by atoms with Gasteiger partial charge in [-0.25, -0.2) is 9.79 Å². The Morgan fingerprint density at radius 3 is 2.78 bits per heavy atom. The zero-order valence-corrected chi connectivity index (χ0v) is 15.3. The molecule has 3 heterocycles. The molecule has 2 atom stereocenters. The van der Waals surface area contributed by atoms with Crippen molar-refractivity contribution < 1.29 is 14.0 Å². The largest absolute Gasteiger partial charge is 0.467 e. The zero-order valence-electron chi connectivity index (χ0n) is 14.6. The molecule has 2 aliphatic rings. The Labute approximate surface area is 160 Å². The number of likely N-dealkylation sites (N-methyl/N-ethyl adjacent to an activating group) is 1. The molecule has 2 fully saturated rings. The van der Waals surface area contributed by atoms with Crippen LogP contribution in [0.5, 0.6) is 0 Å². The number of furan rings is 1. The molecular formula is C18H18ClN5O3. The van der Waals surface area contributed by atoms with E-state index in [-0.39, 0.29) is 5.91 Å². The van der Waals surface area contributed by atoms with Crippen LogP contribution < -0.4 is 10.6 Å². The fourth-order valence-corrected chi connectivity index (χ4v) is 3.45.